The Morgan fingerprint density at radius 2 is 2.10 bits per heavy atom. The fourth-order valence-electron chi connectivity index (χ4n) is 2.13. The first kappa shape index (κ1) is 13.8. The normalized spacial score (nSPS) is 12.3. The summed E-state index contributed by atoms with van der Waals surface area (Å²) >= 11 is 1.58. The lowest BCUT2D eigenvalue weighted by Crippen LogP contribution is -2.15. The highest BCUT2D eigenvalue weighted by Crippen LogP contribution is 2.29. The highest BCUT2D eigenvalue weighted by molar-refractivity contribution is 7.10. The molecule has 0 aliphatic rings. The van der Waals surface area contributed by atoms with Gasteiger partial charge < -0.3 is 9.88 Å². The van der Waals surface area contributed by atoms with Crippen molar-refractivity contribution in [2.24, 2.45) is 7.05 Å². The number of benzene rings is 1. The standard InChI is InChI=1S/C15H13F2N3S/c1-20-7-6-18-15(20)14(13-3-2-8-21-13)19-10-4-5-11(16)12(17)9-10/h2-9,14,19H,1H3. The first-order valence-electron chi connectivity index (χ1n) is 6.37. The third-order valence-corrected chi connectivity index (χ3v) is 4.11. The number of anilines is 1. The molecule has 21 heavy (non-hydrogen) atoms. The minimum atomic E-state index is -0.871. The van der Waals surface area contributed by atoms with Gasteiger partial charge in [0.1, 0.15) is 11.9 Å². The Morgan fingerprint density at radius 1 is 1.24 bits per heavy atom. The van der Waals surface area contributed by atoms with E-state index in [2.05, 4.69) is 10.3 Å². The van der Waals surface area contributed by atoms with E-state index in [0.29, 0.717) is 5.69 Å². The quantitative estimate of drug-likeness (QED) is 0.790. The van der Waals surface area contributed by atoms with Crippen LogP contribution in [0.25, 0.3) is 0 Å². The fourth-order valence-corrected chi connectivity index (χ4v) is 2.90. The van der Waals surface area contributed by atoms with Crippen LogP contribution in [0.4, 0.5) is 14.5 Å². The number of nitrogens with zero attached hydrogens (tertiary/aromatic N) is 2. The summed E-state index contributed by atoms with van der Waals surface area (Å²) in [4.78, 5) is 5.40. The average molecular weight is 305 g/mol. The number of nitrogens with one attached hydrogen (secondary N) is 1. The summed E-state index contributed by atoms with van der Waals surface area (Å²) in [6.07, 6.45) is 3.56. The number of aryl methyl sites for hydroxylation is 1. The number of hydrogen-bond acceptors (Lipinski definition) is 3. The maximum absolute atomic E-state index is 13.4. The molecular formula is C15H13F2N3S. The van der Waals surface area contributed by atoms with Crippen LogP contribution in [0.5, 0.6) is 0 Å². The molecule has 1 aromatic carbocycles. The van der Waals surface area contributed by atoms with Crippen molar-refractivity contribution in [3.05, 3.63) is 70.4 Å². The van der Waals surface area contributed by atoms with Crippen molar-refractivity contribution >= 4 is 17.0 Å². The van der Waals surface area contributed by atoms with Crippen LogP contribution in [-0.2, 0) is 7.05 Å². The SMILES string of the molecule is Cn1ccnc1C(Nc1ccc(F)c(F)c1)c1cccs1. The van der Waals surface area contributed by atoms with Crippen molar-refractivity contribution in [1.82, 2.24) is 9.55 Å². The van der Waals surface area contributed by atoms with Gasteiger partial charge in [-0.25, -0.2) is 13.8 Å². The van der Waals surface area contributed by atoms with Crippen molar-refractivity contribution in [2.45, 2.75) is 6.04 Å². The Bertz CT molecular complexity index is 737. The molecule has 0 saturated carbocycles. The molecule has 0 aliphatic carbocycles. The molecule has 1 atom stereocenters. The van der Waals surface area contributed by atoms with E-state index in [4.69, 9.17) is 0 Å². The summed E-state index contributed by atoms with van der Waals surface area (Å²) in [6.45, 7) is 0. The third-order valence-electron chi connectivity index (χ3n) is 3.17. The van der Waals surface area contributed by atoms with E-state index in [-0.39, 0.29) is 6.04 Å². The van der Waals surface area contributed by atoms with Gasteiger partial charge in [0.05, 0.1) is 0 Å². The van der Waals surface area contributed by atoms with Crippen molar-refractivity contribution < 1.29 is 8.78 Å². The van der Waals surface area contributed by atoms with Crippen LogP contribution in [0.2, 0.25) is 0 Å². The Hall–Kier alpha value is -2.21. The van der Waals surface area contributed by atoms with Crippen molar-refractivity contribution in [3.63, 3.8) is 0 Å². The van der Waals surface area contributed by atoms with Crippen molar-refractivity contribution in [2.75, 3.05) is 5.32 Å². The second-order valence-electron chi connectivity index (χ2n) is 4.62. The van der Waals surface area contributed by atoms with Crippen molar-refractivity contribution in [3.8, 4) is 0 Å². The third kappa shape index (κ3) is 2.80. The van der Waals surface area contributed by atoms with Gasteiger partial charge in [0.2, 0.25) is 0 Å². The number of rotatable bonds is 4. The zero-order valence-electron chi connectivity index (χ0n) is 11.3. The number of halogens is 2. The van der Waals surface area contributed by atoms with E-state index in [1.54, 1.807) is 17.5 Å². The van der Waals surface area contributed by atoms with E-state index < -0.39 is 11.6 Å². The molecule has 2 heterocycles. The van der Waals surface area contributed by atoms with Crippen LogP contribution in [0.3, 0.4) is 0 Å². The molecule has 3 rings (SSSR count). The van der Waals surface area contributed by atoms with Crippen LogP contribution >= 0.6 is 11.3 Å². The number of imidazole rings is 1. The first-order chi connectivity index (χ1) is 10.1. The summed E-state index contributed by atoms with van der Waals surface area (Å²) in [5, 5.41) is 5.18. The molecule has 1 N–H and O–H groups in total. The molecule has 1 unspecified atom stereocenters. The predicted molar refractivity (Wildman–Crippen MR) is 79.4 cm³/mol. The zero-order chi connectivity index (χ0) is 14.8. The molecule has 0 aliphatic heterocycles. The molecule has 0 saturated heterocycles. The molecule has 0 radical (unpaired) electrons. The van der Waals surface area contributed by atoms with Gasteiger partial charge in [-0.15, -0.1) is 11.3 Å². The molecule has 108 valence electrons. The molecule has 3 nitrogen and oxygen atoms in total. The lowest BCUT2D eigenvalue weighted by molar-refractivity contribution is 0.509. The second kappa shape index (κ2) is 5.65. The Kier molecular flexibility index (Phi) is 3.70. The first-order valence-corrected chi connectivity index (χ1v) is 7.25. The summed E-state index contributed by atoms with van der Waals surface area (Å²) in [7, 11) is 1.90. The van der Waals surface area contributed by atoms with Crippen LogP contribution in [0.1, 0.15) is 16.7 Å². The van der Waals surface area contributed by atoms with Crippen LogP contribution in [-0.4, -0.2) is 9.55 Å². The number of hydrogen-bond donors (Lipinski definition) is 1. The van der Waals surface area contributed by atoms with Gasteiger partial charge in [-0.3, -0.25) is 0 Å². The molecule has 6 heteroatoms. The van der Waals surface area contributed by atoms with E-state index in [0.717, 1.165) is 22.8 Å². The Balaban J connectivity index is 1.97. The largest absolute Gasteiger partial charge is 0.371 e. The van der Waals surface area contributed by atoms with Crippen LogP contribution in [0, 0.1) is 11.6 Å². The van der Waals surface area contributed by atoms with Gasteiger partial charge in [-0.2, -0.15) is 0 Å². The fraction of sp³-hybridized carbons (Fsp3) is 0.133. The highest BCUT2D eigenvalue weighted by atomic mass is 32.1. The number of thiophene rings is 1. The maximum atomic E-state index is 13.4. The van der Waals surface area contributed by atoms with Gasteiger partial charge in [-0.1, -0.05) is 6.07 Å². The van der Waals surface area contributed by atoms with Gasteiger partial charge in [0, 0.05) is 36.1 Å². The minimum Gasteiger partial charge on any atom is -0.371 e. The van der Waals surface area contributed by atoms with Gasteiger partial charge in [0.25, 0.3) is 0 Å². The lowest BCUT2D eigenvalue weighted by Gasteiger charge is -2.18. The second-order valence-corrected chi connectivity index (χ2v) is 5.60. The van der Waals surface area contributed by atoms with E-state index in [9.17, 15) is 8.78 Å². The highest BCUT2D eigenvalue weighted by Gasteiger charge is 2.19. The molecule has 0 amide bonds. The van der Waals surface area contributed by atoms with Gasteiger partial charge >= 0.3 is 0 Å². The maximum Gasteiger partial charge on any atom is 0.160 e. The zero-order valence-corrected chi connectivity index (χ0v) is 12.1. The average Bonchev–Trinajstić information content (AvgIpc) is 3.12. The Labute approximate surface area is 124 Å². The molecule has 0 bridgehead atoms. The van der Waals surface area contributed by atoms with Crippen LogP contribution in [0.15, 0.2) is 48.1 Å². The van der Waals surface area contributed by atoms with E-state index in [1.165, 1.54) is 6.07 Å². The van der Waals surface area contributed by atoms with Gasteiger partial charge in [0.15, 0.2) is 11.6 Å². The van der Waals surface area contributed by atoms with Crippen molar-refractivity contribution in [1.29, 1.82) is 0 Å². The van der Waals surface area contributed by atoms with Crippen LogP contribution < -0.4 is 5.32 Å². The van der Waals surface area contributed by atoms with E-state index in [1.807, 2.05) is 35.3 Å². The smallest absolute Gasteiger partial charge is 0.160 e. The molecular weight excluding hydrogens is 292 g/mol. The monoisotopic (exact) mass is 305 g/mol. The molecule has 0 spiro atoms. The topological polar surface area (TPSA) is 29.9 Å². The predicted octanol–water partition coefficient (Wildman–Crippen LogP) is 3.96. The summed E-state index contributed by atoms with van der Waals surface area (Å²) in [5.74, 6) is -0.919. The minimum absolute atomic E-state index is 0.213. The lowest BCUT2D eigenvalue weighted by atomic mass is 10.2. The number of aromatic nitrogens is 2. The Morgan fingerprint density at radius 3 is 2.71 bits per heavy atom. The summed E-state index contributed by atoms with van der Waals surface area (Å²) in [5.41, 5.74) is 0.510. The molecule has 2 aromatic heterocycles. The van der Waals surface area contributed by atoms with Gasteiger partial charge in [-0.05, 0) is 23.6 Å². The molecule has 0 fully saturated rings. The van der Waals surface area contributed by atoms with E-state index >= 15 is 0 Å². The molecule has 3 aromatic rings. The summed E-state index contributed by atoms with van der Waals surface area (Å²) < 4.78 is 28.3. The summed E-state index contributed by atoms with van der Waals surface area (Å²) in [6, 6.07) is 7.50.